The van der Waals surface area contributed by atoms with Gasteiger partial charge in [0.15, 0.2) is 18.2 Å². The highest BCUT2D eigenvalue weighted by molar-refractivity contribution is 5.96. The van der Waals surface area contributed by atoms with Gasteiger partial charge in [-0.3, -0.25) is 4.79 Å². The molecule has 0 aromatic heterocycles. The number of aryl methyl sites for hydroxylation is 1. The molecule has 0 saturated heterocycles. The zero-order valence-electron chi connectivity index (χ0n) is 12.2. The molecule has 0 aliphatic carbocycles. The summed E-state index contributed by atoms with van der Waals surface area (Å²) in [5, 5.41) is 21.1. The molecule has 2 aromatic rings. The van der Waals surface area contributed by atoms with E-state index in [9.17, 15) is 19.1 Å². The van der Waals surface area contributed by atoms with Crippen molar-refractivity contribution in [1.82, 2.24) is 0 Å². The zero-order valence-corrected chi connectivity index (χ0v) is 12.2. The first kappa shape index (κ1) is 16.3. The number of nitrogens with one attached hydrogen (secondary N) is 1. The number of carboxylic acid groups (broad SMARTS) is 1. The third-order valence-corrected chi connectivity index (χ3v) is 3.01. The van der Waals surface area contributed by atoms with Crippen LogP contribution >= 0.6 is 0 Å². The maximum absolute atomic E-state index is 13.4. The number of carbonyl (C=O) groups excluding carboxylic acids is 1. The molecule has 0 aliphatic rings. The highest BCUT2D eigenvalue weighted by Gasteiger charge is 2.15. The molecule has 2 aromatic carbocycles. The van der Waals surface area contributed by atoms with Crippen LogP contribution in [0.3, 0.4) is 0 Å². The molecule has 0 heterocycles. The number of benzene rings is 2. The van der Waals surface area contributed by atoms with Crippen molar-refractivity contribution in [1.29, 1.82) is 0 Å². The molecule has 2 rings (SSSR count). The number of carboxylic acids is 1. The molecule has 1 amide bonds. The molecule has 0 unspecified atom stereocenters. The summed E-state index contributed by atoms with van der Waals surface area (Å²) in [5.41, 5.74) is 0.172. The number of aromatic hydroxyl groups is 1. The van der Waals surface area contributed by atoms with Crippen LogP contribution in [0.15, 0.2) is 36.4 Å². The van der Waals surface area contributed by atoms with Crippen molar-refractivity contribution in [2.24, 2.45) is 0 Å². The standard InChI is InChI=1S/C16H14FNO5/c1-9-6-10(7-11(15(9)20)16(21)22)18-14(19)8-23-13-5-3-2-4-12(13)17/h2-7,20H,8H2,1H3,(H,18,19)(H,21,22). The molecule has 23 heavy (non-hydrogen) atoms. The molecule has 0 radical (unpaired) electrons. The first-order chi connectivity index (χ1) is 10.9. The smallest absolute Gasteiger partial charge is 0.339 e. The van der Waals surface area contributed by atoms with Gasteiger partial charge in [0, 0.05) is 5.69 Å². The van der Waals surface area contributed by atoms with Gasteiger partial charge in [-0.2, -0.15) is 0 Å². The SMILES string of the molecule is Cc1cc(NC(=O)COc2ccccc2F)cc(C(=O)O)c1O. The van der Waals surface area contributed by atoms with E-state index in [0.29, 0.717) is 5.56 Å². The Hall–Kier alpha value is -3.09. The van der Waals surface area contributed by atoms with Gasteiger partial charge in [0.05, 0.1) is 0 Å². The van der Waals surface area contributed by atoms with Gasteiger partial charge in [-0.05, 0) is 36.8 Å². The number of aromatic carboxylic acids is 1. The fraction of sp³-hybridized carbons (Fsp3) is 0.125. The zero-order chi connectivity index (χ0) is 17.0. The second-order valence-electron chi connectivity index (χ2n) is 4.76. The van der Waals surface area contributed by atoms with Crippen molar-refractivity contribution in [3.8, 4) is 11.5 Å². The number of amides is 1. The third-order valence-electron chi connectivity index (χ3n) is 3.01. The van der Waals surface area contributed by atoms with Gasteiger partial charge in [0.1, 0.15) is 11.3 Å². The van der Waals surface area contributed by atoms with E-state index in [1.54, 1.807) is 6.07 Å². The Morgan fingerprint density at radius 2 is 1.96 bits per heavy atom. The number of phenols is 1. The minimum atomic E-state index is -1.32. The number of anilines is 1. The summed E-state index contributed by atoms with van der Waals surface area (Å²) in [6.45, 7) is 1.07. The monoisotopic (exact) mass is 319 g/mol. The Kier molecular flexibility index (Phi) is 4.80. The molecule has 0 fully saturated rings. The quantitative estimate of drug-likeness (QED) is 0.736. The van der Waals surface area contributed by atoms with E-state index in [4.69, 9.17) is 9.84 Å². The lowest BCUT2D eigenvalue weighted by molar-refractivity contribution is -0.118. The molecular weight excluding hydrogens is 305 g/mol. The Morgan fingerprint density at radius 1 is 1.26 bits per heavy atom. The van der Waals surface area contributed by atoms with Crippen LogP contribution < -0.4 is 10.1 Å². The van der Waals surface area contributed by atoms with Crippen molar-refractivity contribution in [3.05, 3.63) is 53.3 Å². The average molecular weight is 319 g/mol. The molecule has 0 aliphatic heterocycles. The molecule has 6 nitrogen and oxygen atoms in total. The van der Waals surface area contributed by atoms with E-state index in [1.165, 1.54) is 31.2 Å². The summed E-state index contributed by atoms with van der Waals surface area (Å²) >= 11 is 0. The summed E-state index contributed by atoms with van der Waals surface area (Å²) < 4.78 is 18.4. The lowest BCUT2D eigenvalue weighted by Crippen LogP contribution is -2.20. The first-order valence-corrected chi connectivity index (χ1v) is 6.62. The maximum Gasteiger partial charge on any atom is 0.339 e. The van der Waals surface area contributed by atoms with Crippen molar-refractivity contribution < 1.29 is 28.9 Å². The van der Waals surface area contributed by atoms with Crippen LogP contribution in [0.2, 0.25) is 0 Å². The lowest BCUT2D eigenvalue weighted by atomic mass is 10.1. The predicted octanol–water partition coefficient (Wildman–Crippen LogP) is 2.56. The van der Waals surface area contributed by atoms with Crippen LogP contribution in [0.4, 0.5) is 10.1 Å². The van der Waals surface area contributed by atoms with E-state index < -0.39 is 24.3 Å². The van der Waals surface area contributed by atoms with Gasteiger partial charge in [0.25, 0.3) is 5.91 Å². The molecule has 0 spiro atoms. The van der Waals surface area contributed by atoms with Crippen LogP contribution in [-0.2, 0) is 4.79 Å². The molecular formula is C16H14FNO5. The minimum absolute atomic E-state index is 0.0595. The third kappa shape index (κ3) is 3.97. The van der Waals surface area contributed by atoms with Crippen LogP contribution in [0.25, 0.3) is 0 Å². The first-order valence-electron chi connectivity index (χ1n) is 6.62. The van der Waals surface area contributed by atoms with Crippen molar-refractivity contribution in [2.45, 2.75) is 6.92 Å². The maximum atomic E-state index is 13.4. The second-order valence-corrected chi connectivity index (χ2v) is 4.76. The molecule has 0 bridgehead atoms. The highest BCUT2D eigenvalue weighted by atomic mass is 19.1. The van der Waals surface area contributed by atoms with Crippen LogP contribution in [0.5, 0.6) is 11.5 Å². The van der Waals surface area contributed by atoms with E-state index in [2.05, 4.69) is 5.32 Å². The summed E-state index contributed by atoms with van der Waals surface area (Å²) in [5.74, 6) is -2.92. The molecule has 0 atom stereocenters. The van der Waals surface area contributed by atoms with Gasteiger partial charge in [0.2, 0.25) is 0 Å². The predicted molar refractivity (Wildman–Crippen MR) is 80.3 cm³/mol. The number of halogens is 1. The topological polar surface area (TPSA) is 95.9 Å². The Balaban J connectivity index is 2.06. The normalized spacial score (nSPS) is 10.2. The van der Waals surface area contributed by atoms with Crippen LogP contribution in [0.1, 0.15) is 15.9 Å². The summed E-state index contributed by atoms with van der Waals surface area (Å²) in [4.78, 5) is 22.8. The average Bonchev–Trinajstić information content (AvgIpc) is 2.49. The Labute approximate surface area is 131 Å². The molecule has 3 N–H and O–H groups in total. The van der Waals surface area contributed by atoms with E-state index in [-0.39, 0.29) is 22.7 Å². The summed E-state index contributed by atoms with van der Waals surface area (Å²) in [7, 11) is 0. The van der Waals surface area contributed by atoms with Gasteiger partial charge in [-0.1, -0.05) is 12.1 Å². The summed E-state index contributed by atoms with van der Waals surface area (Å²) in [6, 6.07) is 8.20. The fourth-order valence-electron chi connectivity index (χ4n) is 1.92. The number of hydrogen-bond acceptors (Lipinski definition) is 4. The second kappa shape index (κ2) is 6.78. The minimum Gasteiger partial charge on any atom is -0.507 e. The van der Waals surface area contributed by atoms with Gasteiger partial charge in [-0.15, -0.1) is 0 Å². The van der Waals surface area contributed by atoms with Crippen LogP contribution in [0, 0.1) is 12.7 Å². The highest BCUT2D eigenvalue weighted by Crippen LogP contribution is 2.26. The van der Waals surface area contributed by atoms with Gasteiger partial charge in [-0.25, -0.2) is 9.18 Å². The molecule has 120 valence electrons. The number of ether oxygens (including phenoxy) is 1. The summed E-state index contributed by atoms with van der Waals surface area (Å²) in [6.07, 6.45) is 0. The number of carbonyl (C=O) groups is 2. The van der Waals surface area contributed by atoms with Gasteiger partial charge >= 0.3 is 5.97 Å². The largest absolute Gasteiger partial charge is 0.507 e. The van der Waals surface area contributed by atoms with Crippen molar-refractivity contribution in [2.75, 3.05) is 11.9 Å². The fourth-order valence-corrected chi connectivity index (χ4v) is 1.92. The van der Waals surface area contributed by atoms with Gasteiger partial charge < -0.3 is 20.3 Å². The lowest BCUT2D eigenvalue weighted by Gasteiger charge is -2.10. The van der Waals surface area contributed by atoms with E-state index in [0.717, 1.165) is 6.07 Å². The van der Waals surface area contributed by atoms with Crippen molar-refractivity contribution in [3.63, 3.8) is 0 Å². The molecule has 0 saturated carbocycles. The number of hydrogen-bond donors (Lipinski definition) is 3. The Bertz CT molecular complexity index is 760. The van der Waals surface area contributed by atoms with Crippen LogP contribution in [-0.4, -0.2) is 28.7 Å². The number of para-hydroxylation sites is 1. The van der Waals surface area contributed by atoms with E-state index >= 15 is 0 Å². The van der Waals surface area contributed by atoms with E-state index in [1.807, 2.05) is 0 Å². The number of rotatable bonds is 5. The Morgan fingerprint density at radius 3 is 2.61 bits per heavy atom. The van der Waals surface area contributed by atoms with Crippen molar-refractivity contribution >= 4 is 17.6 Å². The molecule has 7 heteroatoms.